The van der Waals surface area contributed by atoms with Gasteiger partial charge in [0.15, 0.2) is 5.22 Å². The number of anilines is 1. The van der Waals surface area contributed by atoms with Gasteiger partial charge in [0, 0.05) is 12.8 Å². The van der Waals surface area contributed by atoms with Crippen molar-refractivity contribution < 1.29 is 13.9 Å². The topological polar surface area (TPSA) is 43.6 Å². The molecular weight excluding hydrogens is 278 g/mol. The maximum atomic E-state index is 5.73. The first kappa shape index (κ1) is 14.9. The summed E-state index contributed by atoms with van der Waals surface area (Å²) in [5, 5.41) is 3.69. The highest BCUT2D eigenvalue weighted by atomic mass is 35.5. The van der Waals surface area contributed by atoms with Gasteiger partial charge in [0.1, 0.15) is 5.76 Å². The smallest absolute Gasteiger partial charge is 0.193 e. The molecule has 0 spiro atoms. The summed E-state index contributed by atoms with van der Waals surface area (Å²) in [6, 6.07) is 11.7. The van der Waals surface area contributed by atoms with Gasteiger partial charge in [-0.25, -0.2) is 0 Å². The van der Waals surface area contributed by atoms with E-state index in [2.05, 4.69) is 11.4 Å². The van der Waals surface area contributed by atoms with E-state index in [1.165, 1.54) is 0 Å². The molecule has 108 valence electrons. The Morgan fingerprint density at radius 3 is 2.85 bits per heavy atom. The molecule has 1 aromatic carbocycles. The van der Waals surface area contributed by atoms with Crippen LogP contribution in [0.2, 0.25) is 5.22 Å². The van der Waals surface area contributed by atoms with E-state index in [0.717, 1.165) is 17.0 Å². The van der Waals surface area contributed by atoms with Crippen LogP contribution in [0.25, 0.3) is 0 Å². The first-order chi connectivity index (χ1) is 9.78. The first-order valence-corrected chi connectivity index (χ1v) is 6.79. The normalized spacial score (nSPS) is 10.7. The summed E-state index contributed by atoms with van der Waals surface area (Å²) in [5.41, 5.74) is 2.13. The van der Waals surface area contributed by atoms with E-state index in [1.54, 1.807) is 13.2 Å². The van der Waals surface area contributed by atoms with Crippen molar-refractivity contribution in [1.82, 2.24) is 0 Å². The third kappa shape index (κ3) is 4.89. The molecule has 4 nitrogen and oxygen atoms in total. The Kier molecular flexibility index (Phi) is 5.92. The Morgan fingerprint density at radius 2 is 2.10 bits per heavy atom. The van der Waals surface area contributed by atoms with E-state index >= 15 is 0 Å². The molecule has 0 fully saturated rings. The van der Waals surface area contributed by atoms with Gasteiger partial charge in [-0.3, -0.25) is 0 Å². The molecule has 0 bridgehead atoms. The number of furan rings is 1. The van der Waals surface area contributed by atoms with Gasteiger partial charge in [-0.1, -0.05) is 12.1 Å². The van der Waals surface area contributed by atoms with Crippen molar-refractivity contribution in [3.05, 3.63) is 52.9 Å². The lowest BCUT2D eigenvalue weighted by atomic mass is 10.2. The van der Waals surface area contributed by atoms with Gasteiger partial charge in [0.25, 0.3) is 0 Å². The standard InChI is InChI=1S/C15H18ClNO3/c1-18-7-8-19-11-12-3-2-4-13(9-12)17-10-14-5-6-15(16)20-14/h2-6,9,17H,7-8,10-11H2,1H3. The van der Waals surface area contributed by atoms with Gasteiger partial charge in [-0.15, -0.1) is 0 Å². The maximum Gasteiger partial charge on any atom is 0.193 e. The van der Waals surface area contributed by atoms with Crippen LogP contribution in [0.3, 0.4) is 0 Å². The highest BCUT2D eigenvalue weighted by molar-refractivity contribution is 6.28. The minimum Gasteiger partial charge on any atom is -0.448 e. The summed E-state index contributed by atoms with van der Waals surface area (Å²) in [5.74, 6) is 0.803. The molecule has 2 rings (SSSR count). The number of hydrogen-bond donors (Lipinski definition) is 1. The van der Waals surface area contributed by atoms with Crippen LogP contribution in [0.4, 0.5) is 5.69 Å². The molecule has 5 heteroatoms. The molecule has 0 amide bonds. The zero-order chi connectivity index (χ0) is 14.2. The maximum absolute atomic E-state index is 5.73. The van der Waals surface area contributed by atoms with E-state index in [0.29, 0.717) is 31.6 Å². The predicted octanol–water partition coefficient (Wildman–Crippen LogP) is 3.71. The average Bonchev–Trinajstić information content (AvgIpc) is 2.88. The van der Waals surface area contributed by atoms with Crippen molar-refractivity contribution in [3.63, 3.8) is 0 Å². The third-order valence-electron chi connectivity index (χ3n) is 2.72. The lowest BCUT2D eigenvalue weighted by molar-refractivity contribution is 0.0617. The van der Waals surface area contributed by atoms with Gasteiger partial charge in [-0.05, 0) is 41.4 Å². The van der Waals surface area contributed by atoms with Gasteiger partial charge >= 0.3 is 0 Å². The van der Waals surface area contributed by atoms with Crippen molar-refractivity contribution in [2.45, 2.75) is 13.2 Å². The average molecular weight is 296 g/mol. The summed E-state index contributed by atoms with van der Waals surface area (Å²) in [4.78, 5) is 0. The lowest BCUT2D eigenvalue weighted by Crippen LogP contribution is -2.02. The van der Waals surface area contributed by atoms with Crippen molar-refractivity contribution in [2.75, 3.05) is 25.6 Å². The molecule has 0 aliphatic carbocycles. The van der Waals surface area contributed by atoms with Crippen LogP contribution in [-0.2, 0) is 22.6 Å². The molecular formula is C15H18ClNO3. The van der Waals surface area contributed by atoms with Gasteiger partial charge in [0.2, 0.25) is 0 Å². The van der Waals surface area contributed by atoms with Crippen LogP contribution in [0.5, 0.6) is 0 Å². The fraction of sp³-hybridized carbons (Fsp3) is 0.333. The van der Waals surface area contributed by atoms with Crippen molar-refractivity contribution >= 4 is 17.3 Å². The van der Waals surface area contributed by atoms with Crippen LogP contribution in [0.15, 0.2) is 40.8 Å². The molecule has 1 N–H and O–H groups in total. The van der Waals surface area contributed by atoms with E-state index in [-0.39, 0.29) is 0 Å². The molecule has 0 saturated carbocycles. The van der Waals surface area contributed by atoms with Crippen molar-refractivity contribution in [3.8, 4) is 0 Å². The number of benzene rings is 1. The van der Waals surface area contributed by atoms with Crippen LogP contribution in [0, 0.1) is 0 Å². The molecule has 2 aromatic rings. The molecule has 20 heavy (non-hydrogen) atoms. The number of methoxy groups -OCH3 is 1. The fourth-order valence-electron chi connectivity index (χ4n) is 1.74. The molecule has 0 radical (unpaired) electrons. The molecule has 0 aliphatic heterocycles. The second-order valence-corrected chi connectivity index (χ2v) is 4.68. The van der Waals surface area contributed by atoms with Crippen LogP contribution >= 0.6 is 11.6 Å². The van der Waals surface area contributed by atoms with Gasteiger partial charge < -0.3 is 19.2 Å². The largest absolute Gasteiger partial charge is 0.448 e. The minimum absolute atomic E-state index is 0.405. The Hall–Kier alpha value is -1.49. The summed E-state index contributed by atoms with van der Waals surface area (Å²) in [7, 11) is 1.66. The van der Waals surface area contributed by atoms with Gasteiger partial charge in [-0.2, -0.15) is 0 Å². The zero-order valence-electron chi connectivity index (χ0n) is 11.4. The highest BCUT2D eigenvalue weighted by Gasteiger charge is 2.01. The Balaban J connectivity index is 1.82. The fourth-order valence-corrected chi connectivity index (χ4v) is 1.90. The monoisotopic (exact) mass is 295 g/mol. The van der Waals surface area contributed by atoms with Crippen LogP contribution in [0.1, 0.15) is 11.3 Å². The molecule has 0 atom stereocenters. The number of nitrogens with one attached hydrogen (secondary N) is 1. The summed E-state index contributed by atoms with van der Waals surface area (Å²) < 4.78 is 15.7. The SMILES string of the molecule is COCCOCc1cccc(NCc2ccc(Cl)o2)c1. The molecule has 0 aliphatic rings. The summed E-state index contributed by atoms with van der Waals surface area (Å²) in [6.07, 6.45) is 0. The van der Waals surface area contributed by atoms with Crippen molar-refractivity contribution in [1.29, 1.82) is 0 Å². The first-order valence-electron chi connectivity index (χ1n) is 6.41. The molecule has 1 heterocycles. The third-order valence-corrected chi connectivity index (χ3v) is 2.93. The van der Waals surface area contributed by atoms with E-state index in [4.69, 9.17) is 25.5 Å². The number of hydrogen-bond acceptors (Lipinski definition) is 4. The highest BCUT2D eigenvalue weighted by Crippen LogP contribution is 2.16. The van der Waals surface area contributed by atoms with Crippen LogP contribution < -0.4 is 5.32 Å². The Bertz CT molecular complexity index is 527. The van der Waals surface area contributed by atoms with E-state index in [1.807, 2.05) is 24.3 Å². The summed E-state index contributed by atoms with van der Waals surface area (Å²) >= 11 is 5.73. The second kappa shape index (κ2) is 7.94. The number of halogens is 1. The van der Waals surface area contributed by atoms with Crippen LogP contribution in [-0.4, -0.2) is 20.3 Å². The van der Waals surface area contributed by atoms with Gasteiger partial charge in [0.05, 0.1) is 26.4 Å². The predicted molar refractivity (Wildman–Crippen MR) is 79.0 cm³/mol. The van der Waals surface area contributed by atoms with E-state index < -0.39 is 0 Å². The molecule has 0 unspecified atom stereocenters. The zero-order valence-corrected chi connectivity index (χ0v) is 12.2. The molecule has 0 saturated heterocycles. The second-order valence-electron chi connectivity index (χ2n) is 4.31. The Morgan fingerprint density at radius 1 is 1.20 bits per heavy atom. The lowest BCUT2D eigenvalue weighted by Gasteiger charge is -2.08. The quantitative estimate of drug-likeness (QED) is 0.754. The minimum atomic E-state index is 0.405. The molecule has 1 aromatic heterocycles. The number of rotatable bonds is 8. The van der Waals surface area contributed by atoms with Crippen molar-refractivity contribution in [2.24, 2.45) is 0 Å². The summed E-state index contributed by atoms with van der Waals surface area (Å²) in [6.45, 7) is 2.38. The Labute approximate surface area is 123 Å². The number of ether oxygens (including phenoxy) is 2. The van der Waals surface area contributed by atoms with E-state index in [9.17, 15) is 0 Å².